The van der Waals surface area contributed by atoms with Gasteiger partial charge in [0, 0.05) is 13.0 Å². The summed E-state index contributed by atoms with van der Waals surface area (Å²) in [5, 5.41) is 12.0. The van der Waals surface area contributed by atoms with Gasteiger partial charge in [-0.1, -0.05) is 36.4 Å². The summed E-state index contributed by atoms with van der Waals surface area (Å²) in [7, 11) is 0. The first-order valence-electron chi connectivity index (χ1n) is 10.3. The highest BCUT2D eigenvalue weighted by molar-refractivity contribution is 5.91. The molecule has 2 N–H and O–H groups in total. The lowest BCUT2D eigenvalue weighted by molar-refractivity contribution is -0.154. The van der Waals surface area contributed by atoms with Crippen LogP contribution in [0.2, 0.25) is 0 Å². The summed E-state index contributed by atoms with van der Waals surface area (Å²) < 4.78 is 24.9. The molecule has 0 aromatic heterocycles. The minimum absolute atomic E-state index is 0.0110. The van der Waals surface area contributed by atoms with Crippen LogP contribution in [0.5, 0.6) is 0 Å². The molecule has 0 spiro atoms. The maximum absolute atomic E-state index is 13.0. The Morgan fingerprint density at radius 3 is 2.40 bits per heavy atom. The molecule has 4 rings (SSSR count). The van der Waals surface area contributed by atoms with Crippen LogP contribution in [0.4, 0.5) is 4.39 Å². The van der Waals surface area contributed by atoms with E-state index in [0.29, 0.717) is 24.8 Å². The minimum Gasteiger partial charge on any atom is -0.459 e. The monoisotopic (exact) mass is 411 g/mol. The Labute approximate surface area is 175 Å². The Morgan fingerprint density at radius 2 is 1.73 bits per heavy atom. The summed E-state index contributed by atoms with van der Waals surface area (Å²) in [6.45, 7) is 0.687. The molecule has 1 aliphatic carbocycles. The Morgan fingerprint density at radius 1 is 1.07 bits per heavy atom. The average Bonchev–Trinajstić information content (AvgIpc) is 3.63. The van der Waals surface area contributed by atoms with Crippen LogP contribution in [0.3, 0.4) is 0 Å². The molecular weight excluding hydrogens is 385 g/mol. The number of hydrogen-bond donors (Lipinski definition) is 2. The Hall–Kier alpha value is -2.70. The summed E-state index contributed by atoms with van der Waals surface area (Å²) in [6.07, 6.45) is 4.51. The van der Waals surface area contributed by atoms with E-state index in [1.165, 1.54) is 25.0 Å². The number of amides is 1. The van der Waals surface area contributed by atoms with Gasteiger partial charge in [0.25, 0.3) is 5.91 Å². The van der Waals surface area contributed by atoms with Gasteiger partial charge in [-0.2, -0.15) is 0 Å². The first-order valence-corrected chi connectivity index (χ1v) is 10.3. The molecule has 1 saturated carbocycles. The zero-order valence-electron chi connectivity index (χ0n) is 16.7. The first kappa shape index (κ1) is 20.6. The molecule has 0 unspecified atom stereocenters. The van der Waals surface area contributed by atoms with E-state index in [0.717, 1.165) is 23.1 Å². The number of rotatable bonds is 8. The zero-order chi connectivity index (χ0) is 20.9. The fourth-order valence-electron chi connectivity index (χ4n) is 3.60. The van der Waals surface area contributed by atoms with Crippen molar-refractivity contribution in [3.8, 4) is 0 Å². The van der Waals surface area contributed by atoms with Crippen molar-refractivity contribution in [3.05, 3.63) is 82.9 Å². The van der Waals surface area contributed by atoms with Gasteiger partial charge in [0.15, 0.2) is 5.76 Å². The van der Waals surface area contributed by atoms with Crippen LogP contribution in [0.25, 0.3) is 0 Å². The van der Waals surface area contributed by atoms with Gasteiger partial charge in [0.2, 0.25) is 6.29 Å². The fraction of sp³-hybridized carbons (Fsp3) is 0.375. The minimum atomic E-state index is -0.482. The Bertz CT molecular complexity index is 890. The number of hydrogen-bond acceptors (Lipinski definition) is 4. The molecule has 1 amide bonds. The molecule has 2 aromatic rings. The summed E-state index contributed by atoms with van der Waals surface area (Å²) in [6, 6.07) is 13.6. The van der Waals surface area contributed by atoms with Gasteiger partial charge in [-0.15, -0.1) is 0 Å². The number of carbonyl (C=O) groups excluding carboxylic acids is 1. The van der Waals surface area contributed by atoms with E-state index < -0.39 is 6.29 Å². The number of benzene rings is 2. The number of carbonyl (C=O) groups is 1. The molecule has 2 aliphatic rings. The smallest absolute Gasteiger partial charge is 0.286 e. The van der Waals surface area contributed by atoms with Gasteiger partial charge >= 0.3 is 0 Å². The van der Waals surface area contributed by atoms with Gasteiger partial charge in [-0.3, -0.25) is 4.79 Å². The number of allylic oxidation sites excluding steroid dienone is 1. The van der Waals surface area contributed by atoms with Crippen LogP contribution in [0.15, 0.2) is 60.4 Å². The highest BCUT2D eigenvalue weighted by Crippen LogP contribution is 2.42. The number of ether oxygens (including phenoxy) is 2. The van der Waals surface area contributed by atoms with Crippen LogP contribution >= 0.6 is 0 Å². The van der Waals surface area contributed by atoms with Crippen molar-refractivity contribution in [2.24, 2.45) is 11.8 Å². The van der Waals surface area contributed by atoms with Crippen LogP contribution in [0, 0.1) is 17.7 Å². The average molecular weight is 411 g/mol. The van der Waals surface area contributed by atoms with Gasteiger partial charge < -0.3 is 19.9 Å². The van der Waals surface area contributed by atoms with E-state index in [9.17, 15) is 9.18 Å². The Balaban J connectivity index is 1.35. The molecule has 6 heteroatoms. The molecule has 0 radical (unpaired) electrons. The molecule has 5 nitrogen and oxygen atoms in total. The van der Waals surface area contributed by atoms with Gasteiger partial charge in [-0.25, -0.2) is 4.39 Å². The summed E-state index contributed by atoms with van der Waals surface area (Å²) in [5.74, 6) is 0.559. The standard InChI is InChI=1S/C24H26FNO4/c25-21-9-5-16(6-10-21)13-26-24(28)22-11-20(19-7-8-19)12-23(30-22)29-15-18-3-1-17(14-27)2-4-18/h1-6,9-11,19-20,23,27H,7-8,12-15H2,(H,26,28)/t20-,23+/m1/s1. The molecule has 2 aromatic carbocycles. The largest absolute Gasteiger partial charge is 0.459 e. The van der Waals surface area contributed by atoms with E-state index in [1.54, 1.807) is 12.1 Å². The van der Waals surface area contributed by atoms with Crippen LogP contribution in [0.1, 0.15) is 36.0 Å². The third kappa shape index (κ3) is 5.46. The van der Waals surface area contributed by atoms with Crippen LogP contribution in [-0.2, 0) is 34.0 Å². The lowest BCUT2D eigenvalue weighted by Crippen LogP contribution is -2.33. The summed E-state index contributed by atoms with van der Waals surface area (Å²) >= 11 is 0. The molecular formula is C24H26FNO4. The van der Waals surface area contributed by atoms with Crippen molar-refractivity contribution in [1.29, 1.82) is 0 Å². The van der Waals surface area contributed by atoms with E-state index in [2.05, 4.69) is 5.32 Å². The van der Waals surface area contributed by atoms with Crippen LogP contribution in [-0.4, -0.2) is 17.3 Å². The van der Waals surface area contributed by atoms with Crippen molar-refractivity contribution in [2.45, 2.75) is 45.3 Å². The maximum atomic E-state index is 13.0. The van der Waals surface area contributed by atoms with Crippen molar-refractivity contribution in [2.75, 3.05) is 0 Å². The topological polar surface area (TPSA) is 67.8 Å². The zero-order valence-corrected chi connectivity index (χ0v) is 16.7. The number of nitrogens with one attached hydrogen (secondary N) is 1. The Kier molecular flexibility index (Phi) is 6.45. The van der Waals surface area contributed by atoms with Crippen molar-refractivity contribution >= 4 is 5.91 Å². The van der Waals surface area contributed by atoms with Crippen molar-refractivity contribution in [1.82, 2.24) is 5.32 Å². The van der Waals surface area contributed by atoms with Crippen LogP contribution < -0.4 is 5.32 Å². The number of halogens is 1. The highest BCUT2D eigenvalue weighted by Gasteiger charge is 2.37. The number of aliphatic hydroxyl groups is 1. The molecule has 0 saturated heterocycles. The third-order valence-electron chi connectivity index (χ3n) is 5.55. The van der Waals surface area contributed by atoms with E-state index in [-0.39, 0.29) is 24.2 Å². The quantitative estimate of drug-likeness (QED) is 0.693. The fourth-order valence-corrected chi connectivity index (χ4v) is 3.60. The van der Waals surface area contributed by atoms with E-state index >= 15 is 0 Å². The molecule has 158 valence electrons. The molecule has 1 fully saturated rings. The number of aliphatic hydroxyl groups excluding tert-OH is 1. The van der Waals surface area contributed by atoms with Gasteiger partial charge in [-0.05, 0) is 59.6 Å². The lowest BCUT2D eigenvalue weighted by atomic mass is 9.96. The maximum Gasteiger partial charge on any atom is 0.286 e. The predicted molar refractivity (Wildman–Crippen MR) is 109 cm³/mol. The molecule has 2 atom stereocenters. The molecule has 1 heterocycles. The third-order valence-corrected chi connectivity index (χ3v) is 5.55. The second-order valence-electron chi connectivity index (χ2n) is 7.91. The predicted octanol–water partition coefficient (Wildman–Crippen LogP) is 3.81. The summed E-state index contributed by atoms with van der Waals surface area (Å²) in [4.78, 5) is 12.7. The van der Waals surface area contributed by atoms with E-state index in [4.69, 9.17) is 14.6 Å². The molecule has 1 aliphatic heterocycles. The van der Waals surface area contributed by atoms with Gasteiger partial charge in [0.1, 0.15) is 5.82 Å². The molecule has 0 bridgehead atoms. The summed E-state index contributed by atoms with van der Waals surface area (Å²) in [5.41, 5.74) is 2.65. The highest BCUT2D eigenvalue weighted by atomic mass is 19.1. The normalized spacial score (nSPS) is 20.9. The second-order valence-corrected chi connectivity index (χ2v) is 7.91. The molecule has 30 heavy (non-hydrogen) atoms. The SMILES string of the molecule is O=C(NCc1ccc(F)cc1)C1=C[C@@H](C2CC2)C[C@@H](OCc2ccc(CO)cc2)O1. The first-order chi connectivity index (χ1) is 14.6. The second kappa shape index (κ2) is 9.41. The van der Waals surface area contributed by atoms with Gasteiger partial charge in [0.05, 0.1) is 13.2 Å². The van der Waals surface area contributed by atoms with Crippen molar-refractivity contribution in [3.63, 3.8) is 0 Å². The lowest BCUT2D eigenvalue weighted by Gasteiger charge is -2.29. The van der Waals surface area contributed by atoms with Crippen molar-refractivity contribution < 1.29 is 23.8 Å². The van der Waals surface area contributed by atoms with E-state index in [1.807, 2.05) is 30.3 Å².